The molecule has 138 valence electrons. The van der Waals surface area contributed by atoms with Gasteiger partial charge in [0, 0.05) is 43.0 Å². The molecule has 1 N–H and O–H groups in total. The van der Waals surface area contributed by atoms with E-state index in [1.165, 1.54) is 6.20 Å². The Kier molecular flexibility index (Phi) is 6.10. The second kappa shape index (κ2) is 8.89. The summed E-state index contributed by atoms with van der Waals surface area (Å²) < 4.78 is 5.54. The molecule has 0 aliphatic heterocycles. The van der Waals surface area contributed by atoms with Crippen LogP contribution in [0.3, 0.4) is 0 Å². The number of aromatic nitrogens is 3. The van der Waals surface area contributed by atoms with Crippen LogP contribution in [0.2, 0.25) is 0 Å². The first kappa shape index (κ1) is 18.5. The van der Waals surface area contributed by atoms with Gasteiger partial charge in [0.25, 0.3) is 5.91 Å². The van der Waals surface area contributed by atoms with Gasteiger partial charge in [-0.25, -0.2) is 4.98 Å². The molecule has 3 aromatic rings. The highest BCUT2D eigenvalue weighted by molar-refractivity contribution is 5.93. The Balaban J connectivity index is 1.65. The van der Waals surface area contributed by atoms with Gasteiger partial charge in [0.15, 0.2) is 0 Å². The predicted octanol–water partition coefficient (Wildman–Crippen LogP) is 3.50. The normalized spacial score (nSPS) is 10.6. The van der Waals surface area contributed by atoms with Gasteiger partial charge in [-0.3, -0.25) is 14.8 Å². The minimum atomic E-state index is -0.192. The molecule has 0 aliphatic carbocycles. The van der Waals surface area contributed by atoms with Crippen molar-refractivity contribution in [2.45, 2.75) is 20.4 Å². The zero-order chi connectivity index (χ0) is 19.1. The van der Waals surface area contributed by atoms with E-state index in [-0.39, 0.29) is 5.91 Å². The zero-order valence-corrected chi connectivity index (χ0v) is 15.4. The lowest BCUT2D eigenvalue weighted by Crippen LogP contribution is -2.23. The van der Waals surface area contributed by atoms with Crippen LogP contribution < -0.4 is 10.1 Å². The Morgan fingerprint density at radius 3 is 2.59 bits per heavy atom. The summed E-state index contributed by atoms with van der Waals surface area (Å²) in [5.74, 6) is 0.749. The molecular formula is C21H22N4O2. The van der Waals surface area contributed by atoms with E-state index in [9.17, 15) is 4.79 Å². The first-order valence-electron chi connectivity index (χ1n) is 8.85. The van der Waals surface area contributed by atoms with Crippen LogP contribution in [0.25, 0.3) is 11.3 Å². The van der Waals surface area contributed by atoms with E-state index in [0.29, 0.717) is 30.5 Å². The standard InChI is InChI=1S/C21H22N4O2/c1-15(2)14-27-19-6-5-18(13-24-19)21(26)25-12-17-4-3-9-23-20(17)16-7-10-22-11-8-16/h3-11,13,15H,12,14H2,1-2H3,(H,25,26). The third-order valence-electron chi connectivity index (χ3n) is 3.85. The third-order valence-corrected chi connectivity index (χ3v) is 3.85. The third kappa shape index (κ3) is 5.10. The van der Waals surface area contributed by atoms with Crippen LogP contribution in [-0.2, 0) is 6.54 Å². The number of amides is 1. The van der Waals surface area contributed by atoms with E-state index in [2.05, 4.69) is 34.1 Å². The van der Waals surface area contributed by atoms with Crippen molar-refractivity contribution in [2.24, 2.45) is 5.92 Å². The molecule has 0 spiro atoms. The van der Waals surface area contributed by atoms with Crippen LogP contribution in [0.1, 0.15) is 29.8 Å². The second-order valence-corrected chi connectivity index (χ2v) is 6.52. The van der Waals surface area contributed by atoms with Gasteiger partial charge in [-0.1, -0.05) is 19.9 Å². The number of pyridine rings is 3. The fourth-order valence-corrected chi connectivity index (χ4v) is 2.48. The molecule has 0 radical (unpaired) electrons. The van der Waals surface area contributed by atoms with Gasteiger partial charge >= 0.3 is 0 Å². The van der Waals surface area contributed by atoms with Gasteiger partial charge in [-0.05, 0) is 35.7 Å². The maximum atomic E-state index is 12.4. The predicted molar refractivity (Wildman–Crippen MR) is 103 cm³/mol. The smallest absolute Gasteiger partial charge is 0.253 e. The fourth-order valence-electron chi connectivity index (χ4n) is 2.48. The van der Waals surface area contributed by atoms with E-state index in [4.69, 9.17) is 4.74 Å². The number of carbonyl (C=O) groups is 1. The van der Waals surface area contributed by atoms with Crippen molar-refractivity contribution >= 4 is 5.91 Å². The summed E-state index contributed by atoms with van der Waals surface area (Å²) in [5, 5.41) is 2.92. The Bertz CT molecular complexity index is 880. The Morgan fingerprint density at radius 2 is 1.89 bits per heavy atom. The van der Waals surface area contributed by atoms with Gasteiger partial charge < -0.3 is 10.1 Å². The molecule has 0 atom stereocenters. The number of nitrogens with zero attached hydrogens (tertiary/aromatic N) is 3. The van der Waals surface area contributed by atoms with Crippen molar-refractivity contribution < 1.29 is 9.53 Å². The summed E-state index contributed by atoms with van der Waals surface area (Å²) in [7, 11) is 0. The molecular weight excluding hydrogens is 340 g/mol. The number of carbonyl (C=O) groups excluding carboxylic acids is 1. The lowest BCUT2D eigenvalue weighted by molar-refractivity contribution is 0.0950. The molecule has 0 aromatic carbocycles. The minimum Gasteiger partial charge on any atom is -0.477 e. The summed E-state index contributed by atoms with van der Waals surface area (Å²) in [4.78, 5) is 25.1. The van der Waals surface area contributed by atoms with Crippen molar-refractivity contribution in [3.8, 4) is 17.1 Å². The molecule has 0 bridgehead atoms. The number of nitrogens with one attached hydrogen (secondary N) is 1. The Labute approximate surface area is 158 Å². The fraction of sp³-hybridized carbons (Fsp3) is 0.238. The Hall–Kier alpha value is -3.28. The highest BCUT2D eigenvalue weighted by Crippen LogP contribution is 2.20. The lowest BCUT2D eigenvalue weighted by Gasteiger charge is -2.10. The molecule has 0 saturated carbocycles. The van der Waals surface area contributed by atoms with Gasteiger partial charge in [0.2, 0.25) is 5.88 Å². The minimum absolute atomic E-state index is 0.192. The van der Waals surface area contributed by atoms with Crippen LogP contribution in [0.15, 0.2) is 61.2 Å². The van der Waals surface area contributed by atoms with E-state index < -0.39 is 0 Å². The molecule has 6 heteroatoms. The van der Waals surface area contributed by atoms with Crippen molar-refractivity contribution in [1.29, 1.82) is 0 Å². The summed E-state index contributed by atoms with van der Waals surface area (Å²) in [6, 6.07) is 11.0. The molecule has 6 nitrogen and oxygen atoms in total. The topological polar surface area (TPSA) is 77.0 Å². The van der Waals surface area contributed by atoms with Crippen molar-refractivity contribution in [2.75, 3.05) is 6.61 Å². The average Bonchev–Trinajstić information content (AvgIpc) is 2.71. The highest BCUT2D eigenvalue weighted by Gasteiger charge is 2.10. The lowest BCUT2D eigenvalue weighted by atomic mass is 10.1. The van der Waals surface area contributed by atoms with Gasteiger partial charge in [0.05, 0.1) is 17.9 Å². The van der Waals surface area contributed by atoms with Crippen molar-refractivity contribution in [1.82, 2.24) is 20.3 Å². The molecule has 0 unspecified atom stereocenters. The molecule has 0 saturated heterocycles. The molecule has 0 aliphatic rings. The second-order valence-electron chi connectivity index (χ2n) is 6.52. The van der Waals surface area contributed by atoms with Gasteiger partial charge in [-0.2, -0.15) is 0 Å². The van der Waals surface area contributed by atoms with Crippen molar-refractivity contribution in [3.05, 3.63) is 72.3 Å². The summed E-state index contributed by atoms with van der Waals surface area (Å²) in [6.07, 6.45) is 6.71. The molecule has 3 aromatic heterocycles. The van der Waals surface area contributed by atoms with E-state index in [0.717, 1.165) is 16.8 Å². The number of rotatable bonds is 7. The summed E-state index contributed by atoms with van der Waals surface area (Å²) >= 11 is 0. The summed E-state index contributed by atoms with van der Waals surface area (Å²) in [5.41, 5.74) is 3.21. The maximum Gasteiger partial charge on any atom is 0.253 e. The molecule has 3 rings (SSSR count). The number of hydrogen-bond donors (Lipinski definition) is 1. The quantitative estimate of drug-likeness (QED) is 0.696. The zero-order valence-electron chi connectivity index (χ0n) is 15.4. The molecule has 27 heavy (non-hydrogen) atoms. The van der Waals surface area contributed by atoms with Crippen LogP contribution in [0, 0.1) is 5.92 Å². The van der Waals surface area contributed by atoms with Gasteiger partial charge in [-0.15, -0.1) is 0 Å². The van der Waals surface area contributed by atoms with Crippen LogP contribution in [0.5, 0.6) is 5.88 Å². The molecule has 3 heterocycles. The van der Waals surface area contributed by atoms with Gasteiger partial charge in [0.1, 0.15) is 0 Å². The largest absolute Gasteiger partial charge is 0.477 e. The van der Waals surface area contributed by atoms with E-state index in [1.54, 1.807) is 30.7 Å². The van der Waals surface area contributed by atoms with E-state index in [1.807, 2.05) is 24.3 Å². The average molecular weight is 362 g/mol. The van der Waals surface area contributed by atoms with Crippen LogP contribution in [-0.4, -0.2) is 27.5 Å². The van der Waals surface area contributed by atoms with Crippen LogP contribution >= 0.6 is 0 Å². The van der Waals surface area contributed by atoms with E-state index >= 15 is 0 Å². The maximum absolute atomic E-state index is 12.4. The first-order chi connectivity index (χ1) is 13.1. The number of hydrogen-bond acceptors (Lipinski definition) is 5. The van der Waals surface area contributed by atoms with Crippen molar-refractivity contribution in [3.63, 3.8) is 0 Å². The first-order valence-corrected chi connectivity index (χ1v) is 8.85. The monoisotopic (exact) mass is 362 g/mol. The highest BCUT2D eigenvalue weighted by atomic mass is 16.5. The SMILES string of the molecule is CC(C)COc1ccc(C(=O)NCc2cccnc2-c2ccncc2)cn1. The molecule has 0 fully saturated rings. The number of ether oxygens (including phenoxy) is 1. The Morgan fingerprint density at radius 1 is 1.07 bits per heavy atom. The summed E-state index contributed by atoms with van der Waals surface area (Å²) in [6.45, 7) is 5.11. The van der Waals surface area contributed by atoms with Crippen LogP contribution in [0.4, 0.5) is 0 Å². The molecule has 1 amide bonds.